The number of hydrogen-bond acceptors (Lipinski definition) is 4. The van der Waals surface area contributed by atoms with E-state index in [0.29, 0.717) is 18.1 Å². The van der Waals surface area contributed by atoms with Crippen LogP contribution in [0.5, 0.6) is 0 Å². The summed E-state index contributed by atoms with van der Waals surface area (Å²) < 4.78 is 0. The molecule has 1 unspecified atom stereocenters. The van der Waals surface area contributed by atoms with Crippen molar-refractivity contribution >= 4 is 40.1 Å². The van der Waals surface area contributed by atoms with Crippen LogP contribution < -0.4 is 4.90 Å². The number of pyridine rings is 1. The van der Waals surface area contributed by atoms with E-state index in [-0.39, 0.29) is 16.3 Å². The average molecular weight is 271 g/mol. The van der Waals surface area contributed by atoms with Crippen LogP contribution in [0.15, 0.2) is 18.3 Å². The van der Waals surface area contributed by atoms with Gasteiger partial charge in [-0.15, -0.1) is 0 Å². The van der Waals surface area contributed by atoms with Crippen LogP contribution in [-0.4, -0.2) is 27.8 Å². The van der Waals surface area contributed by atoms with Gasteiger partial charge in [0.15, 0.2) is 5.12 Å². The van der Waals surface area contributed by atoms with Crippen molar-refractivity contribution in [1.82, 2.24) is 4.98 Å². The van der Waals surface area contributed by atoms with Gasteiger partial charge >= 0.3 is 0 Å². The molecule has 0 N–H and O–H groups in total. The van der Waals surface area contributed by atoms with Crippen LogP contribution in [0.25, 0.3) is 0 Å². The lowest BCUT2D eigenvalue weighted by atomic mass is 10.4. The molecule has 0 spiro atoms. The van der Waals surface area contributed by atoms with Gasteiger partial charge in [0.25, 0.3) is 0 Å². The fraction of sp³-hybridized carbons (Fsp3) is 0.364. The van der Waals surface area contributed by atoms with Crippen molar-refractivity contribution in [2.24, 2.45) is 0 Å². The number of hydrogen-bond donors (Lipinski definition) is 0. The third-order valence-corrected chi connectivity index (χ3v) is 3.65. The number of anilines is 1. The Labute approximate surface area is 108 Å². The van der Waals surface area contributed by atoms with Crippen LogP contribution >= 0.6 is 23.4 Å². The second-order valence-electron chi connectivity index (χ2n) is 3.78. The molecular formula is C11H11ClN2O2S. The molecule has 2 heterocycles. The highest BCUT2D eigenvalue weighted by molar-refractivity contribution is 8.14. The fourth-order valence-electron chi connectivity index (χ4n) is 1.77. The molecule has 0 saturated carbocycles. The molecule has 1 fully saturated rings. The molecule has 2 rings (SSSR count). The smallest absolute Gasteiger partial charge is 0.228 e. The zero-order valence-corrected chi connectivity index (χ0v) is 10.8. The third kappa shape index (κ3) is 2.98. The van der Waals surface area contributed by atoms with Crippen molar-refractivity contribution in [2.45, 2.75) is 18.6 Å². The standard InChI is InChI=1S/C11H11ClN2O2S/c1-7(15)17-9-4-11(16)14(6-9)8-2-3-10(12)13-5-8/h2-3,5,9H,4,6H2,1H3. The number of halogens is 1. The SMILES string of the molecule is CC(=O)SC1CC(=O)N(c2ccc(Cl)nc2)C1. The van der Waals surface area contributed by atoms with Gasteiger partial charge in [0.05, 0.1) is 11.9 Å². The Morgan fingerprint density at radius 3 is 2.94 bits per heavy atom. The van der Waals surface area contributed by atoms with E-state index in [1.807, 2.05) is 0 Å². The molecule has 0 radical (unpaired) electrons. The summed E-state index contributed by atoms with van der Waals surface area (Å²) >= 11 is 6.91. The van der Waals surface area contributed by atoms with Crippen molar-refractivity contribution in [2.75, 3.05) is 11.4 Å². The number of carbonyl (C=O) groups is 2. The summed E-state index contributed by atoms with van der Waals surface area (Å²) in [6, 6.07) is 3.41. The maximum Gasteiger partial charge on any atom is 0.228 e. The van der Waals surface area contributed by atoms with Gasteiger partial charge in [-0.25, -0.2) is 4.98 Å². The maximum atomic E-state index is 11.8. The van der Waals surface area contributed by atoms with Gasteiger partial charge in [0, 0.05) is 25.1 Å². The minimum atomic E-state index is 0.0212. The summed E-state index contributed by atoms with van der Waals surface area (Å²) in [5, 5.41) is 0.476. The summed E-state index contributed by atoms with van der Waals surface area (Å²) in [6.45, 7) is 2.06. The number of thioether (sulfide) groups is 1. The lowest BCUT2D eigenvalue weighted by molar-refractivity contribution is -0.117. The normalized spacial score (nSPS) is 19.8. The average Bonchev–Trinajstić information content (AvgIpc) is 2.59. The summed E-state index contributed by atoms with van der Waals surface area (Å²) in [6.07, 6.45) is 1.97. The second kappa shape index (κ2) is 5.06. The molecule has 6 heteroatoms. The Morgan fingerprint density at radius 2 is 2.35 bits per heavy atom. The molecule has 0 aromatic carbocycles. The molecule has 1 aliphatic heterocycles. The Hall–Kier alpha value is -1.07. The monoisotopic (exact) mass is 270 g/mol. The number of aromatic nitrogens is 1. The highest BCUT2D eigenvalue weighted by atomic mass is 35.5. The second-order valence-corrected chi connectivity index (χ2v) is 5.64. The number of nitrogens with zero attached hydrogens (tertiary/aromatic N) is 2. The van der Waals surface area contributed by atoms with E-state index in [1.54, 1.807) is 23.2 Å². The van der Waals surface area contributed by atoms with E-state index < -0.39 is 0 Å². The summed E-state index contributed by atoms with van der Waals surface area (Å²) in [4.78, 5) is 28.4. The Bertz CT molecular complexity index is 449. The van der Waals surface area contributed by atoms with Crippen molar-refractivity contribution < 1.29 is 9.59 Å². The van der Waals surface area contributed by atoms with Crippen LogP contribution in [0.3, 0.4) is 0 Å². The zero-order valence-electron chi connectivity index (χ0n) is 9.22. The van der Waals surface area contributed by atoms with E-state index in [9.17, 15) is 9.59 Å². The van der Waals surface area contributed by atoms with E-state index in [2.05, 4.69) is 4.98 Å². The molecule has 4 nitrogen and oxygen atoms in total. The molecule has 1 amide bonds. The molecule has 1 atom stereocenters. The first-order valence-corrected chi connectivity index (χ1v) is 6.41. The van der Waals surface area contributed by atoms with Crippen LogP contribution in [0.2, 0.25) is 5.15 Å². The van der Waals surface area contributed by atoms with Crippen LogP contribution in [0.1, 0.15) is 13.3 Å². The predicted octanol–water partition coefficient (Wildman–Crippen LogP) is 2.12. The van der Waals surface area contributed by atoms with Gasteiger partial charge in [0.2, 0.25) is 5.91 Å². The molecule has 1 aromatic heterocycles. The topological polar surface area (TPSA) is 50.3 Å². The molecule has 0 bridgehead atoms. The van der Waals surface area contributed by atoms with E-state index in [1.165, 1.54) is 18.7 Å². The van der Waals surface area contributed by atoms with Crippen LogP contribution in [0.4, 0.5) is 5.69 Å². The van der Waals surface area contributed by atoms with E-state index in [0.717, 1.165) is 5.69 Å². The van der Waals surface area contributed by atoms with Crippen LogP contribution in [0, 0.1) is 0 Å². The van der Waals surface area contributed by atoms with Gasteiger partial charge in [-0.3, -0.25) is 9.59 Å². The van der Waals surface area contributed by atoms with Gasteiger partial charge in [-0.05, 0) is 12.1 Å². The molecule has 0 aliphatic carbocycles. The third-order valence-electron chi connectivity index (χ3n) is 2.45. The fourth-order valence-corrected chi connectivity index (χ4v) is 2.80. The molecule has 1 aromatic rings. The Balaban J connectivity index is 2.10. The first-order chi connectivity index (χ1) is 8.06. The molecule has 1 saturated heterocycles. The lowest BCUT2D eigenvalue weighted by Crippen LogP contribution is -2.24. The highest BCUT2D eigenvalue weighted by Crippen LogP contribution is 2.28. The zero-order chi connectivity index (χ0) is 12.4. The number of rotatable bonds is 2. The quantitative estimate of drug-likeness (QED) is 0.773. The first-order valence-electron chi connectivity index (χ1n) is 5.15. The minimum absolute atomic E-state index is 0.0212. The van der Waals surface area contributed by atoms with Crippen molar-refractivity contribution in [3.8, 4) is 0 Å². The van der Waals surface area contributed by atoms with Gasteiger partial charge in [-0.2, -0.15) is 0 Å². The molecule has 90 valence electrons. The van der Waals surface area contributed by atoms with Gasteiger partial charge < -0.3 is 4.90 Å². The van der Waals surface area contributed by atoms with Crippen molar-refractivity contribution in [1.29, 1.82) is 0 Å². The van der Waals surface area contributed by atoms with Crippen molar-refractivity contribution in [3.05, 3.63) is 23.5 Å². The lowest BCUT2D eigenvalue weighted by Gasteiger charge is -2.15. The highest BCUT2D eigenvalue weighted by Gasteiger charge is 2.31. The maximum absolute atomic E-state index is 11.8. The Kier molecular flexibility index (Phi) is 3.69. The van der Waals surface area contributed by atoms with Crippen molar-refractivity contribution in [3.63, 3.8) is 0 Å². The number of carbonyl (C=O) groups excluding carboxylic acids is 2. The van der Waals surface area contributed by atoms with E-state index >= 15 is 0 Å². The molecule has 17 heavy (non-hydrogen) atoms. The molecule has 1 aliphatic rings. The van der Waals surface area contributed by atoms with Gasteiger partial charge in [-0.1, -0.05) is 23.4 Å². The molecular weight excluding hydrogens is 260 g/mol. The first kappa shape index (κ1) is 12.4. The van der Waals surface area contributed by atoms with E-state index in [4.69, 9.17) is 11.6 Å². The number of amides is 1. The van der Waals surface area contributed by atoms with Crippen LogP contribution in [-0.2, 0) is 9.59 Å². The Morgan fingerprint density at radius 1 is 1.59 bits per heavy atom. The summed E-state index contributed by atoms with van der Waals surface area (Å²) in [7, 11) is 0. The largest absolute Gasteiger partial charge is 0.310 e. The minimum Gasteiger partial charge on any atom is -0.310 e. The predicted molar refractivity (Wildman–Crippen MR) is 68.3 cm³/mol. The summed E-state index contributed by atoms with van der Waals surface area (Å²) in [5.41, 5.74) is 0.728. The van der Waals surface area contributed by atoms with Gasteiger partial charge in [0.1, 0.15) is 5.15 Å². The summed E-state index contributed by atoms with van der Waals surface area (Å²) in [5.74, 6) is 0.0212.